The van der Waals surface area contributed by atoms with E-state index in [0.29, 0.717) is 11.1 Å². The topological polar surface area (TPSA) is 57.7 Å². The Hall–Kier alpha value is -2.95. The fourth-order valence-electron chi connectivity index (χ4n) is 3.74. The number of benzene rings is 2. The van der Waals surface area contributed by atoms with E-state index in [1.165, 1.54) is 5.56 Å². The highest BCUT2D eigenvalue weighted by atomic mass is 16.2. The maximum atomic E-state index is 12.7. The molecule has 0 aromatic heterocycles. The van der Waals surface area contributed by atoms with Crippen LogP contribution >= 0.6 is 0 Å². The van der Waals surface area contributed by atoms with Crippen LogP contribution in [-0.2, 0) is 11.2 Å². The lowest BCUT2D eigenvalue weighted by Gasteiger charge is -2.27. The van der Waals surface area contributed by atoms with E-state index < -0.39 is 11.8 Å². The summed E-state index contributed by atoms with van der Waals surface area (Å²) in [4.78, 5) is 40.3. The van der Waals surface area contributed by atoms with Gasteiger partial charge in [0.25, 0.3) is 11.8 Å². The summed E-state index contributed by atoms with van der Waals surface area (Å²) in [6.07, 6.45) is 1.80. The van der Waals surface area contributed by atoms with Crippen molar-refractivity contribution in [3.63, 3.8) is 0 Å². The molecule has 0 N–H and O–H groups in total. The van der Waals surface area contributed by atoms with Crippen LogP contribution in [0.1, 0.15) is 44.3 Å². The number of likely N-dealkylation sites (N-methyl/N-ethyl adjacent to an activating group) is 1. The summed E-state index contributed by atoms with van der Waals surface area (Å²) in [5, 5.41) is 0. The Morgan fingerprint density at radius 3 is 2.32 bits per heavy atom. The Kier molecular flexibility index (Phi) is 3.64. The molecule has 2 aliphatic rings. The minimum Gasteiger partial charge on any atom is -0.337 e. The predicted octanol–water partition coefficient (Wildman–Crippen LogP) is 2.43. The van der Waals surface area contributed by atoms with Crippen molar-refractivity contribution in [1.82, 2.24) is 9.80 Å². The number of aryl methyl sites for hydroxylation is 1. The average Bonchev–Trinajstić information content (AvgIpc) is 3.17. The number of carbonyl (C=O) groups excluding carboxylic acids is 3. The van der Waals surface area contributed by atoms with Gasteiger partial charge in [0.05, 0.1) is 17.2 Å². The summed E-state index contributed by atoms with van der Waals surface area (Å²) in [6.45, 7) is -0.221. The van der Waals surface area contributed by atoms with Crippen molar-refractivity contribution in [2.24, 2.45) is 0 Å². The molecule has 2 aromatic rings. The van der Waals surface area contributed by atoms with Crippen LogP contribution in [0.25, 0.3) is 0 Å². The molecule has 0 fully saturated rings. The molecule has 5 nitrogen and oxygen atoms in total. The van der Waals surface area contributed by atoms with E-state index in [2.05, 4.69) is 6.07 Å². The molecular weight excluding hydrogens is 316 g/mol. The van der Waals surface area contributed by atoms with Crippen molar-refractivity contribution in [3.05, 3.63) is 70.8 Å². The SMILES string of the molecule is CN(C(=O)CN1C(=O)c2ccccc2C1=O)[C@H]1CCc2ccccc21. The highest BCUT2D eigenvalue weighted by Gasteiger charge is 2.38. The van der Waals surface area contributed by atoms with Gasteiger partial charge in [0.1, 0.15) is 6.54 Å². The first-order valence-electron chi connectivity index (χ1n) is 8.36. The molecular formula is C20H18N2O3. The number of amides is 3. The van der Waals surface area contributed by atoms with Gasteiger partial charge in [-0.1, -0.05) is 36.4 Å². The van der Waals surface area contributed by atoms with Gasteiger partial charge < -0.3 is 4.90 Å². The molecule has 0 saturated carbocycles. The van der Waals surface area contributed by atoms with Crippen LogP contribution in [0, 0.1) is 0 Å². The molecule has 1 atom stereocenters. The smallest absolute Gasteiger partial charge is 0.262 e. The molecule has 1 aliphatic heterocycles. The third-order valence-corrected chi connectivity index (χ3v) is 5.13. The molecule has 2 aromatic carbocycles. The Morgan fingerprint density at radius 2 is 1.64 bits per heavy atom. The van der Waals surface area contributed by atoms with Crippen molar-refractivity contribution in [3.8, 4) is 0 Å². The van der Waals surface area contributed by atoms with Crippen LogP contribution in [-0.4, -0.2) is 41.1 Å². The third-order valence-electron chi connectivity index (χ3n) is 5.13. The molecule has 0 bridgehead atoms. The Balaban J connectivity index is 1.52. The summed E-state index contributed by atoms with van der Waals surface area (Å²) in [5.41, 5.74) is 3.15. The quantitative estimate of drug-likeness (QED) is 0.810. The fraction of sp³-hybridized carbons (Fsp3) is 0.250. The summed E-state index contributed by atoms with van der Waals surface area (Å²) >= 11 is 0. The number of nitrogens with zero attached hydrogens (tertiary/aromatic N) is 2. The van der Waals surface area contributed by atoms with Crippen LogP contribution in [0.2, 0.25) is 0 Å². The van der Waals surface area contributed by atoms with E-state index in [1.54, 1.807) is 36.2 Å². The minimum atomic E-state index is -0.394. The maximum absolute atomic E-state index is 12.7. The van der Waals surface area contributed by atoms with Crippen molar-refractivity contribution in [2.45, 2.75) is 18.9 Å². The van der Waals surface area contributed by atoms with Crippen molar-refractivity contribution in [2.75, 3.05) is 13.6 Å². The average molecular weight is 334 g/mol. The number of fused-ring (bicyclic) bond motifs is 2. The van der Waals surface area contributed by atoms with Gasteiger partial charge in [-0.25, -0.2) is 0 Å². The maximum Gasteiger partial charge on any atom is 0.262 e. The fourth-order valence-corrected chi connectivity index (χ4v) is 3.74. The number of hydrogen-bond acceptors (Lipinski definition) is 3. The first-order chi connectivity index (χ1) is 12.1. The normalized spacial score (nSPS) is 18.3. The highest BCUT2D eigenvalue weighted by molar-refractivity contribution is 6.22. The van der Waals surface area contributed by atoms with Gasteiger partial charge in [0, 0.05) is 7.05 Å². The van der Waals surface area contributed by atoms with Crippen molar-refractivity contribution in [1.29, 1.82) is 0 Å². The molecule has 1 heterocycles. The van der Waals surface area contributed by atoms with Gasteiger partial charge in [-0.2, -0.15) is 0 Å². The van der Waals surface area contributed by atoms with Gasteiger partial charge in [0.2, 0.25) is 5.91 Å². The minimum absolute atomic E-state index is 0.00103. The number of rotatable bonds is 3. The monoisotopic (exact) mass is 334 g/mol. The van der Waals surface area contributed by atoms with Crippen LogP contribution in [0.5, 0.6) is 0 Å². The molecule has 5 heteroatoms. The third kappa shape index (κ3) is 2.43. The molecule has 0 radical (unpaired) electrons. The van der Waals surface area contributed by atoms with Crippen LogP contribution in [0.3, 0.4) is 0 Å². The Labute approximate surface area is 145 Å². The zero-order valence-corrected chi connectivity index (χ0v) is 13.9. The van der Waals surface area contributed by atoms with E-state index in [0.717, 1.165) is 23.3 Å². The molecule has 126 valence electrons. The van der Waals surface area contributed by atoms with Crippen LogP contribution in [0.4, 0.5) is 0 Å². The molecule has 3 amide bonds. The summed E-state index contributed by atoms with van der Waals surface area (Å²) in [7, 11) is 1.74. The molecule has 0 saturated heterocycles. The van der Waals surface area contributed by atoms with Gasteiger partial charge >= 0.3 is 0 Å². The predicted molar refractivity (Wildman–Crippen MR) is 92.1 cm³/mol. The van der Waals surface area contributed by atoms with Crippen molar-refractivity contribution < 1.29 is 14.4 Å². The molecule has 0 unspecified atom stereocenters. The molecule has 1 aliphatic carbocycles. The van der Waals surface area contributed by atoms with E-state index in [1.807, 2.05) is 18.2 Å². The second-order valence-corrected chi connectivity index (χ2v) is 6.50. The van der Waals surface area contributed by atoms with Crippen LogP contribution in [0.15, 0.2) is 48.5 Å². The molecule has 0 spiro atoms. The summed E-state index contributed by atoms with van der Waals surface area (Å²) < 4.78 is 0. The first-order valence-corrected chi connectivity index (χ1v) is 8.36. The zero-order chi connectivity index (χ0) is 17.6. The van der Waals surface area contributed by atoms with Crippen LogP contribution < -0.4 is 0 Å². The number of imide groups is 1. The molecule has 25 heavy (non-hydrogen) atoms. The second kappa shape index (κ2) is 5.84. The second-order valence-electron chi connectivity index (χ2n) is 6.50. The van der Waals surface area contributed by atoms with E-state index in [4.69, 9.17) is 0 Å². The lowest BCUT2D eigenvalue weighted by atomic mass is 10.1. The Morgan fingerprint density at radius 1 is 1.04 bits per heavy atom. The molecule has 4 rings (SSSR count). The lowest BCUT2D eigenvalue weighted by molar-refractivity contribution is -0.132. The van der Waals surface area contributed by atoms with Gasteiger partial charge in [-0.05, 0) is 36.1 Å². The van der Waals surface area contributed by atoms with E-state index in [9.17, 15) is 14.4 Å². The van der Waals surface area contributed by atoms with Gasteiger partial charge in [0.15, 0.2) is 0 Å². The van der Waals surface area contributed by atoms with Crippen molar-refractivity contribution >= 4 is 17.7 Å². The van der Waals surface area contributed by atoms with Gasteiger partial charge in [-0.3, -0.25) is 19.3 Å². The number of carbonyl (C=O) groups is 3. The summed E-state index contributed by atoms with van der Waals surface area (Å²) in [5.74, 6) is -1.01. The van der Waals surface area contributed by atoms with Gasteiger partial charge in [-0.15, -0.1) is 0 Å². The first kappa shape index (κ1) is 15.6. The Bertz CT molecular complexity index is 855. The summed E-state index contributed by atoms with van der Waals surface area (Å²) in [6, 6.07) is 14.8. The van der Waals surface area contributed by atoms with E-state index in [-0.39, 0.29) is 18.5 Å². The standard InChI is InChI=1S/C20H18N2O3/c1-21(17-11-10-13-6-2-3-7-14(13)17)18(23)12-22-19(24)15-8-4-5-9-16(15)20(22)25/h2-9,17H,10-12H2,1H3/t17-/m0/s1. The zero-order valence-electron chi connectivity index (χ0n) is 13.9. The largest absolute Gasteiger partial charge is 0.337 e. The number of hydrogen-bond donors (Lipinski definition) is 0. The van der Waals surface area contributed by atoms with E-state index >= 15 is 0 Å². The highest BCUT2D eigenvalue weighted by Crippen LogP contribution is 2.35. The lowest BCUT2D eigenvalue weighted by Crippen LogP contribution is -2.42.